The first kappa shape index (κ1) is 20.0. The van der Waals surface area contributed by atoms with Crippen molar-refractivity contribution in [3.63, 3.8) is 0 Å². The van der Waals surface area contributed by atoms with Gasteiger partial charge in [-0.1, -0.05) is 51.7 Å². The number of hydrogen-bond acceptors (Lipinski definition) is 2. The minimum Gasteiger partial charge on any atom is -0.236 e. The zero-order valence-electron chi connectivity index (χ0n) is 16.9. The fourth-order valence-electron chi connectivity index (χ4n) is 4.27. The Balaban J connectivity index is 1.64. The molecule has 2 aromatic rings. The van der Waals surface area contributed by atoms with Crippen LogP contribution >= 0.6 is 0 Å². The number of hydrogen-bond donors (Lipinski definition) is 0. The summed E-state index contributed by atoms with van der Waals surface area (Å²) in [5.74, 6) is 1.74. The van der Waals surface area contributed by atoms with Crippen LogP contribution in [0.25, 0.3) is 11.4 Å². The van der Waals surface area contributed by atoms with E-state index in [9.17, 15) is 4.39 Å². The van der Waals surface area contributed by atoms with Gasteiger partial charge in [0.05, 0.1) is 0 Å². The fourth-order valence-corrected chi connectivity index (χ4v) is 4.27. The van der Waals surface area contributed by atoms with E-state index in [4.69, 9.17) is 0 Å². The molecule has 1 fully saturated rings. The third kappa shape index (κ3) is 5.37. The van der Waals surface area contributed by atoms with Gasteiger partial charge in [-0.15, -0.1) is 0 Å². The zero-order chi connectivity index (χ0) is 19.1. The van der Waals surface area contributed by atoms with Crippen LogP contribution in [0.5, 0.6) is 0 Å². The molecule has 3 heteroatoms. The van der Waals surface area contributed by atoms with Gasteiger partial charge in [0.1, 0.15) is 5.82 Å². The van der Waals surface area contributed by atoms with Gasteiger partial charge in [-0.05, 0) is 67.6 Å². The lowest BCUT2D eigenvalue weighted by atomic mass is 9.77. The highest BCUT2D eigenvalue weighted by atomic mass is 19.1. The van der Waals surface area contributed by atoms with Crippen LogP contribution in [0.4, 0.5) is 4.39 Å². The Labute approximate surface area is 163 Å². The van der Waals surface area contributed by atoms with Crippen LogP contribution < -0.4 is 0 Å². The summed E-state index contributed by atoms with van der Waals surface area (Å²) in [7, 11) is 0. The molecule has 1 saturated carbocycles. The lowest BCUT2D eigenvalue weighted by Crippen LogP contribution is -2.14. The summed E-state index contributed by atoms with van der Waals surface area (Å²) in [4.78, 5) is 8.89. The first-order valence-corrected chi connectivity index (χ1v) is 10.8. The molecule has 0 radical (unpaired) electrons. The largest absolute Gasteiger partial charge is 0.236 e. The topological polar surface area (TPSA) is 25.8 Å². The van der Waals surface area contributed by atoms with Gasteiger partial charge < -0.3 is 0 Å². The van der Waals surface area contributed by atoms with E-state index in [1.165, 1.54) is 32.1 Å². The fraction of sp³-hybridized carbons (Fsp3) is 0.583. The van der Waals surface area contributed by atoms with Crippen LogP contribution in [0.15, 0.2) is 30.6 Å². The Morgan fingerprint density at radius 1 is 0.963 bits per heavy atom. The van der Waals surface area contributed by atoms with Crippen molar-refractivity contribution in [2.45, 2.75) is 84.0 Å². The maximum Gasteiger partial charge on any atom is 0.159 e. The number of aryl methyl sites for hydroxylation is 1. The molecule has 1 aromatic heterocycles. The molecular formula is C24H33FN2. The first-order chi connectivity index (χ1) is 13.2. The van der Waals surface area contributed by atoms with Crippen LogP contribution in [0, 0.1) is 11.7 Å². The Kier molecular flexibility index (Phi) is 7.37. The standard InChI is InChI=1S/C24H33FN2/c1-3-5-7-18-9-11-20(12-10-18)22-14-13-21(15-23(22)25)24-26-16-19(17-27-24)8-6-4-2/h13-18,20H,3-12H2,1-2H3. The molecule has 0 N–H and O–H groups in total. The highest BCUT2D eigenvalue weighted by molar-refractivity contribution is 5.55. The van der Waals surface area contributed by atoms with E-state index in [2.05, 4.69) is 23.8 Å². The van der Waals surface area contributed by atoms with Gasteiger partial charge in [0.2, 0.25) is 0 Å². The van der Waals surface area contributed by atoms with E-state index in [1.54, 1.807) is 6.07 Å². The third-order valence-electron chi connectivity index (χ3n) is 6.04. The van der Waals surface area contributed by atoms with Gasteiger partial charge in [0.25, 0.3) is 0 Å². The van der Waals surface area contributed by atoms with Crippen LogP contribution in [-0.4, -0.2) is 9.97 Å². The predicted molar refractivity (Wildman–Crippen MR) is 110 cm³/mol. The molecule has 2 nitrogen and oxygen atoms in total. The van der Waals surface area contributed by atoms with Crippen molar-refractivity contribution in [2.24, 2.45) is 5.92 Å². The average molecular weight is 369 g/mol. The van der Waals surface area contributed by atoms with Crippen molar-refractivity contribution < 1.29 is 4.39 Å². The van der Waals surface area contributed by atoms with Crippen LogP contribution in [-0.2, 0) is 6.42 Å². The molecule has 0 aliphatic heterocycles. The van der Waals surface area contributed by atoms with Crippen molar-refractivity contribution in [1.29, 1.82) is 0 Å². The maximum absolute atomic E-state index is 14.8. The summed E-state index contributed by atoms with van der Waals surface area (Å²) in [6, 6.07) is 5.58. The van der Waals surface area contributed by atoms with E-state index in [-0.39, 0.29) is 5.82 Å². The molecular weight excluding hydrogens is 335 g/mol. The molecule has 0 atom stereocenters. The van der Waals surface area contributed by atoms with Crippen LogP contribution in [0.2, 0.25) is 0 Å². The molecule has 1 aliphatic carbocycles. The molecule has 1 aromatic carbocycles. The van der Waals surface area contributed by atoms with Gasteiger partial charge in [0.15, 0.2) is 5.82 Å². The molecule has 1 aliphatic rings. The van der Waals surface area contributed by atoms with E-state index in [0.717, 1.165) is 54.7 Å². The van der Waals surface area contributed by atoms with Crippen LogP contribution in [0.3, 0.4) is 0 Å². The Bertz CT molecular complexity index is 703. The van der Waals surface area contributed by atoms with Crippen molar-refractivity contribution in [2.75, 3.05) is 0 Å². The molecule has 1 heterocycles. The second kappa shape index (κ2) is 9.96. The average Bonchev–Trinajstić information content (AvgIpc) is 2.71. The summed E-state index contributed by atoms with van der Waals surface area (Å²) < 4.78 is 14.8. The first-order valence-electron chi connectivity index (χ1n) is 10.8. The van der Waals surface area contributed by atoms with Gasteiger partial charge in [-0.3, -0.25) is 0 Å². The number of unbranched alkanes of at least 4 members (excludes halogenated alkanes) is 2. The van der Waals surface area contributed by atoms with Crippen molar-refractivity contribution in [3.8, 4) is 11.4 Å². The van der Waals surface area contributed by atoms with E-state index >= 15 is 0 Å². The molecule has 0 spiro atoms. The van der Waals surface area contributed by atoms with Crippen LogP contribution in [0.1, 0.15) is 88.7 Å². The minimum atomic E-state index is -0.0943. The summed E-state index contributed by atoms with van der Waals surface area (Å²) >= 11 is 0. The second-order valence-corrected chi connectivity index (χ2v) is 8.11. The summed E-state index contributed by atoms with van der Waals surface area (Å²) in [5.41, 5.74) is 2.81. The van der Waals surface area contributed by atoms with Gasteiger partial charge in [0, 0.05) is 18.0 Å². The molecule has 0 unspecified atom stereocenters. The normalized spacial score (nSPS) is 20.0. The maximum atomic E-state index is 14.8. The monoisotopic (exact) mass is 368 g/mol. The van der Waals surface area contributed by atoms with Gasteiger partial charge >= 0.3 is 0 Å². The van der Waals surface area contributed by atoms with E-state index < -0.39 is 0 Å². The van der Waals surface area contributed by atoms with Gasteiger partial charge in [-0.25, -0.2) is 14.4 Å². The summed E-state index contributed by atoms with van der Waals surface area (Å²) in [6.07, 6.45) is 15.7. The Morgan fingerprint density at radius 3 is 2.30 bits per heavy atom. The third-order valence-corrected chi connectivity index (χ3v) is 6.04. The van der Waals surface area contributed by atoms with E-state index in [1.807, 2.05) is 24.5 Å². The zero-order valence-corrected chi connectivity index (χ0v) is 16.9. The Hall–Kier alpha value is -1.77. The highest BCUT2D eigenvalue weighted by Crippen LogP contribution is 2.39. The SMILES string of the molecule is CCCCc1cnc(-c2ccc(C3CCC(CCCC)CC3)c(F)c2)nc1. The summed E-state index contributed by atoms with van der Waals surface area (Å²) in [5, 5.41) is 0. The van der Waals surface area contributed by atoms with E-state index in [0.29, 0.717) is 11.7 Å². The predicted octanol–water partition coefficient (Wildman–Crippen LogP) is 7.09. The molecule has 3 rings (SSSR count). The minimum absolute atomic E-state index is 0.0943. The molecule has 0 amide bonds. The molecule has 0 bridgehead atoms. The number of rotatable bonds is 8. The summed E-state index contributed by atoms with van der Waals surface area (Å²) in [6.45, 7) is 4.43. The van der Waals surface area contributed by atoms with Gasteiger partial charge in [-0.2, -0.15) is 0 Å². The number of benzene rings is 1. The quantitative estimate of drug-likeness (QED) is 0.497. The Morgan fingerprint density at radius 2 is 1.67 bits per heavy atom. The molecule has 27 heavy (non-hydrogen) atoms. The van der Waals surface area contributed by atoms with Crippen molar-refractivity contribution >= 4 is 0 Å². The number of nitrogens with zero attached hydrogens (tertiary/aromatic N) is 2. The number of aromatic nitrogens is 2. The smallest absolute Gasteiger partial charge is 0.159 e. The highest BCUT2D eigenvalue weighted by Gasteiger charge is 2.24. The van der Waals surface area contributed by atoms with Crippen molar-refractivity contribution in [3.05, 3.63) is 47.5 Å². The molecule has 0 saturated heterocycles. The molecule has 146 valence electrons. The van der Waals surface area contributed by atoms with Crippen molar-refractivity contribution in [1.82, 2.24) is 9.97 Å². The lowest BCUT2D eigenvalue weighted by molar-refractivity contribution is 0.301. The number of halogens is 1. The lowest BCUT2D eigenvalue weighted by Gasteiger charge is -2.29. The second-order valence-electron chi connectivity index (χ2n) is 8.11.